The molecule has 0 saturated carbocycles. The summed E-state index contributed by atoms with van der Waals surface area (Å²) < 4.78 is 5.82. The monoisotopic (exact) mass is 352 g/mol. The first-order valence-electron chi connectivity index (χ1n) is 8.85. The molecule has 1 aliphatic heterocycles. The van der Waals surface area contributed by atoms with Gasteiger partial charge < -0.3 is 15.0 Å². The van der Waals surface area contributed by atoms with Crippen LogP contribution in [0.5, 0.6) is 5.75 Å². The van der Waals surface area contributed by atoms with Gasteiger partial charge in [-0.25, -0.2) is 0 Å². The molecule has 0 fully saturated rings. The number of nitrogens with one attached hydrogen (secondary N) is 1. The molecule has 2 amide bonds. The highest BCUT2D eigenvalue weighted by molar-refractivity contribution is 6.06. The lowest BCUT2D eigenvalue weighted by Gasteiger charge is -2.18. The number of benzene rings is 2. The van der Waals surface area contributed by atoms with E-state index in [0.717, 1.165) is 28.1 Å². The van der Waals surface area contributed by atoms with Gasteiger partial charge in [-0.3, -0.25) is 9.59 Å². The Morgan fingerprint density at radius 2 is 1.96 bits per heavy atom. The van der Waals surface area contributed by atoms with Gasteiger partial charge in [0.15, 0.2) is 0 Å². The van der Waals surface area contributed by atoms with Crippen molar-refractivity contribution in [1.82, 2.24) is 5.32 Å². The molecule has 5 nitrogen and oxygen atoms in total. The van der Waals surface area contributed by atoms with Crippen molar-refractivity contribution in [3.63, 3.8) is 0 Å². The first-order chi connectivity index (χ1) is 12.5. The maximum Gasteiger partial charge on any atom is 0.254 e. The van der Waals surface area contributed by atoms with Gasteiger partial charge in [0.05, 0.1) is 6.61 Å². The van der Waals surface area contributed by atoms with E-state index >= 15 is 0 Å². The fourth-order valence-corrected chi connectivity index (χ4v) is 3.26. The lowest BCUT2D eigenvalue weighted by molar-refractivity contribution is -0.126. The molecule has 0 aliphatic carbocycles. The number of para-hydroxylation sites is 1. The van der Waals surface area contributed by atoms with E-state index in [1.54, 1.807) is 4.90 Å². The number of rotatable bonds is 6. The molecule has 2 aromatic carbocycles. The normalized spacial score (nSPS) is 15.7. The molecule has 2 aromatic rings. The molecule has 1 unspecified atom stereocenters. The van der Waals surface area contributed by atoms with Crippen LogP contribution in [0.25, 0.3) is 0 Å². The molecular formula is C21H24N2O3. The van der Waals surface area contributed by atoms with Crippen LogP contribution < -0.4 is 15.0 Å². The Kier molecular flexibility index (Phi) is 5.26. The predicted molar refractivity (Wildman–Crippen MR) is 101 cm³/mol. The van der Waals surface area contributed by atoms with Crippen molar-refractivity contribution in [2.45, 2.75) is 33.2 Å². The minimum Gasteiger partial charge on any atom is -0.493 e. The van der Waals surface area contributed by atoms with Crippen LogP contribution in [0.15, 0.2) is 42.5 Å². The van der Waals surface area contributed by atoms with Crippen molar-refractivity contribution in [2.24, 2.45) is 0 Å². The number of anilines is 1. The quantitative estimate of drug-likeness (QED) is 0.812. The number of hydrogen-bond donors (Lipinski definition) is 1. The Balaban J connectivity index is 1.67. The van der Waals surface area contributed by atoms with E-state index in [1.807, 2.05) is 56.3 Å². The Morgan fingerprint density at radius 1 is 1.19 bits per heavy atom. The molecule has 0 spiro atoms. The molecule has 5 heteroatoms. The van der Waals surface area contributed by atoms with E-state index in [9.17, 15) is 9.59 Å². The number of hydrogen-bond acceptors (Lipinski definition) is 3. The average Bonchev–Trinajstić information content (AvgIpc) is 2.84. The SMILES string of the molecule is CC(=O)NC1C(=O)N(CCCOc2ccccc2C)c2ccc(C)cc21. The van der Waals surface area contributed by atoms with Gasteiger partial charge in [-0.15, -0.1) is 0 Å². The smallest absolute Gasteiger partial charge is 0.254 e. The fourth-order valence-electron chi connectivity index (χ4n) is 3.26. The van der Waals surface area contributed by atoms with Gasteiger partial charge in [0.2, 0.25) is 5.91 Å². The Morgan fingerprint density at radius 3 is 2.69 bits per heavy atom. The van der Waals surface area contributed by atoms with Gasteiger partial charge in [-0.05, 0) is 38.0 Å². The summed E-state index contributed by atoms with van der Waals surface area (Å²) in [5.41, 5.74) is 3.90. The van der Waals surface area contributed by atoms with Crippen molar-refractivity contribution in [1.29, 1.82) is 0 Å². The molecule has 136 valence electrons. The van der Waals surface area contributed by atoms with E-state index < -0.39 is 6.04 Å². The van der Waals surface area contributed by atoms with Crippen LogP contribution >= 0.6 is 0 Å². The summed E-state index contributed by atoms with van der Waals surface area (Å²) in [5, 5.41) is 2.77. The van der Waals surface area contributed by atoms with E-state index in [-0.39, 0.29) is 11.8 Å². The van der Waals surface area contributed by atoms with Crippen molar-refractivity contribution >= 4 is 17.5 Å². The molecule has 0 saturated heterocycles. The summed E-state index contributed by atoms with van der Waals surface area (Å²) in [6.45, 7) is 6.50. The van der Waals surface area contributed by atoms with Gasteiger partial charge in [0, 0.05) is 24.7 Å². The summed E-state index contributed by atoms with van der Waals surface area (Å²) in [4.78, 5) is 26.0. The van der Waals surface area contributed by atoms with Crippen LogP contribution in [0.4, 0.5) is 5.69 Å². The Bertz CT molecular complexity index is 832. The first kappa shape index (κ1) is 18.0. The third-order valence-electron chi connectivity index (χ3n) is 4.52. The van der Waals surface area contributed by atoms with E-state index in [2.05, 4.69) is 5.32 Å². The van der Waals surface area contributed by atoms with E-state index in [4.69, 9.17) is 4.74 Å². The predicted octanol–water partition coefficient (Wildman–Crippen LogP) is 3.30. The highest BCUT2D eigenvalue weighted by Gasteiger charge is 2.37. The van der Waals surface area contributed by atoms with E-state index in [1.165, 1.54) is 6.92 Å². The van der Waals surface area contributed by atoms with Crippen molar-refractivity contribution in [3.05, 3.63) is 59.2 Å². The molecule has 1 heterocycles. The molecule has 1 N–H and O–H groups in total. The molecule has 26 heavy (non-hydrogen) atoms. The second-order valence-electron chi connectivity index (χ2n) is 6.65. The van der Waals surface area contributed by atoms with Crippen LogP contribution in [0.3, 0.4) is 0 Å². The van der Waals surface area contributed by atoms with Gasteiger partial charge in [0.25, 0.3) is 5.91 Å². The number of carbonyl (C=O) groups is 2. The molecule has 1 atom stereocenters. The number of carbonyl (C=O) groups excluding carboxylic acids is 2. The zero-order chi connectivity index (χ0) is 18.7. The summed E-state index contributed by atoms with van der Waals surface area (Å²) >= 11 is 0. The maximum absolute atomic E-state index is 12.8. The Labute approximate surface area is 154 Å². The van der Waals surface area contributed by atoms with Crippen LogP contribution in [-0.2, 0) is 9.59 Å². The van der Waals surface area contributed by atoms with Gasteiger partial charge >= 0.3 is 0 Å². The molecule has 3 rings (SSSR count). The number of nitrogens with zero attached hydrogens (tertiary/aromatic N) is 1. The maximum atomic E-state index is 12.8. The standard InChI is InChI=1S/C21H24N2O3/c1-14-9-10-18-17(13-14)20(22-16(3)24)21(25)23(18)11-6-12-26-19-8-5-4-7-15(19)2/h4-5,7-10,13,20H,6,11-12H2,1-3H3,(H,22,24). The second kappa shape index (κ2) is 7.60. The van der Waals surface area contributed by atoms with Crippen LogP contribution in [0.1, 0.15) is 36.1 Å². The van der Waals surface area contributed by atoms with E-state index in [0.29, 0.717) is 19.6 Å². The number of amides is 2. The molecule has 1 aliphatic rings. The zero-order valence-corrected chi connectivity index (χ0v) is 15.4. The molecule has 0 aromatic heterocycles. The third kappa shape index (κ3) is 3.72. The largest absolute Gasteiger partial charge is 0.493 e. The average molecular weight is 352 g/mol. The highest BCUT2D eigenvalue weighted by atomic mass is 16.5. The van der Waals surface area contributed by atoms with Gasteiger partial charge in [0.1, 0.15) is 11.8 Å². The second-order valence-corrected chi connectivity index (χ2v) is 6.65. The Hall–Kier alpha value is -2.82. The minimum atomic E-state index is -0.598. The molecule has 0 bridgehead atoms. The van der Waals surface area contributed by atoms with Crippen LogP contribution in [0, 0.1) is 13.8 Å². The van der Waals surface area contributed by atoms with Crippen molar-refractivity contribution < 1.29 is 14.3 Å². The summed E-state index contributed by atoms with van der Waals surface area (Å²) in [6.07, 6.45) is 0.709. The summed E-state index contributed by atoms with van der Waals surface area (Å²) in [6, 6.07) is 13.2. The fraction of sp³-hybridized carbons (Fsp3) is 0.333. The summed E-state index contributed by atoms with van der Waals surface area (Å²) in [5.74, 6) is 0.574. The minimum absolute atomic E-state index is 0.0864. The first-order valence-corrected chi connectivity index (χ1v) is 8.85. The topological polar surface area (TPSA) is 58.6 Å². The van der Waals surface area contributed by atoms with Gasteiger partial charge in [-0.1, -0.05) is 35.9 Å². The number of fused-ring (bicyclic) bond motifs is 1. The lowest BCUT2D eigenvalue weighted by atomic mass is 10.1. The van der Waals surface area contributed by atoms with Crippen LogP contribution in [-0.4, -0.2) is 25.0 Å². The third-order valence-corrected chi connectivity index (χ3v) is 4.52. The summed E-state index contributed by atoms with van der Waals surface area (Å²) in [7, 11) is 0. The van der Waals surface area contributed by atoms with Crippen molar-refractivity contribution in [2.75, 3.05) is 18.1 Å². The molecule has 0 radical (unpaired) electrons. The van der Waals surface area contributed by atoms with Crippen molar-refractivity contribution in [3.8, 4) is 5.75 Å². The lowest BCUT2D eigenvalue weighted by Crippen LogP contribution is -2.37. The van der Waals surface area contributed by atoms with Crippen LogP contribution in [0.2, 0.25) is 0 Å². The van der Waals surface area contributed by atoms with Gasteiger partial charge in [-0.2, -0.15) is 0 Å². The highest BCUT2D eigenvalue weighted by Crippen LogP contribution is 2.36. The zero-order valence-electron chi connectivity index (χ0n) is 15.4. The number of ether oxygens (including phenoxy) is 1. The number of aryl methyl sites for hydroxylation is 2. The molecular weight excluding hydrogens is 328 g/mol.